The fraction of sp³-hybridized carbons (Fsp3) is 0.588. The van der Waals surface area contributed by atoms with Crippen LogP contribution in [0.25, 0.3) is 0 Å². The number of aliphatic hydroxyl groups excluding tert-OH is 1. The topological polar surface area (TPSA) is 67.8 Å². The summed E-state index contributed by atoms with van der Waals surface area (Å²) in [5, 5.41) is 12.8. The zero-order valence-corrected chi connectivity index (χ0v) is 13.8. The van der Waals surface area contributed by atoms with Crippen LogP contribution in [0.1, 0.15) is 36.0 Å². The van der Waals surface area contributed by atoms with Gasteiger partial charge in [0.05, 0.1) is 36.9 Å². The Bertz CT molecular complexity index is 562. The lowest BCUT2D eigenvalue weighted by Crippen LogP contribution is -2.53. The minimum absolute atomic E-state index is 0.00570. The first kappa shape index (κ1) is 16.6. The lowest BCUT2D eigenvalue weighted by molar-refractivity contribution is -0.133. The van der Waals surface area contributed by atoms with Gasteiger partial charge in [0.1, 0.15) is 5.75 Å². The van der Waals surface area contributed by atoms with Crippen LogP contribution in [0.2, 0.25) is 5.02 Å². The van der Waals surface area contributed by atoms with Crippen LogP contribution in [0.4, 0.5) is 0 Å². The van der Waals surface area contributed by atoms with Gasteiger partial charge in [-0.05, 0) is 43.9 Å². The minimum atomic E-state index is -0.360. The fourth-order valence-corrected chi connectivity index (χ4v) is 3.14. The van der Waals surface area contributed by atoms with E-state index in [1.165, 1.54) is 12.8 Å². The van der Waals surface area contributed by atoms with E-state index in [1.54, 1.807) is 18.2 Å². The van der Waals surface area contributed by atoms with Crippen molar-refractivity contribution in [2.24, 2.45) is 5.41 Å². The second-order valence-electron chi connectivity index (χ2n) is 6.50. The molecule has 1 saturated carbocycles. The van der Waals surface area contributed by atoms with Gasteiger partial charge < -0.3 is 19.9 Å². The van der Waals surface area contributed by atoms with Gasteiger partial charge in [-0.1, -0.05) is 11.6 Å². The highest BCUT2D eigenvalue weighted by Gasteiger charge is 2.38. The Kier molecular flexibility index (Phi) is 5.09. The van der Waals surface area contributed by atoms with Crippen LogP contribution < -0.4 is 10.1 Å². The van der Waals surface area contributed by atoms with E-state index in [4.69, 9.17) is 21.1 Å². The van der Waals surface area contributed by atoms with Crippen LogP contribution in [0.5, 0.6) is 5.75 Å². The van der Waals surface area contributed by atoms with E-state index in [9.17, 15) is 9.90 Å². The predicted molar refractivity (Wildman–Crippen MR) is 87.0 cm³/mol. The molecule has 1 saturated heterocycles. The molecule has 1 heterocycles. The second-order valence-corrected chi connectivity index (χ2v) is 6.93. The van der Waals surface area contributed by atoms with Gasteiger partial charge in [0, 0.05) is 11.6 Å². The van der Waals surface area contributed by atoms with Crippen molar-refractivity contribution in [2.75, 3.05) is 26.4 Å². The summed E-state index contributed by atoms with van der Waals surface area (Å²) < 4.78 is 11.1. The maximum Gasteiger partial charge on any atom is 0.255 e. The highest BCUT2D eigenvalue weighted by molar-refractivity contribution is 6.31. The van der Waals surface area contributed by atoms with Gasteiger partial charge in [-0.3, -0.25) is 4.79 Å². The summed E-state index contributed by atoms with van der Waals surface area (Å²) in [4.78, 5) is 12.5. The Hall–Kier alpha value is -1.30. The molecule has 0 aromatic heterocycles. The van der Waals surface area contributed by atoms with Crippen LogP contribution in [-0.2, 0) is 4.74 Å². The van der Waals surface area contributed by atoms with Crippen molar-refractivity contribution >= 4 is 17.5 Å². The van der Waals surface area contributed by atoms with E-state index in [0.29, 0.717) is 36.1 Å². The first-order valence-electron chi connectivity index (χ1n) is 8.05. The molecule has 1 aromatic carbocycles. The molecule has 6 heteroatoms. The molecule has 2 N–H and O–H groups in total. The molecule has 1 amide bonds. The number of hydrogen-bond donors (Lipinski definition) is 2. The molecule has 126 valence electrons. The third kappa shape index (κ3) is 3.79. The van der Waals surface area contributed by atoms with E-state index in [-0.39, 0.29) is 24.0 Å². The van der Waals surface area contributed by atoms with Gasteiger partial charge in [-0.25, -0.2) is 0 Å². The first-order valence-corrected chi connectivity index (χ1v) is 8.43. The number of aliphatic hydroxyl groups is 1. The van der Waals surface area contributed by atoms with Gasteiger partial charge in [-0.15, -0.1) is 0 Å². The van der Waals surface area contributed by atoms with Crippen LogP contribution >= 0.6 is 11.6 Å². The zero-order valence-electron chi connectivity index (χ0n) is 13.0. The number of amides is 1. The predicted octanol–water partition coefficient (Wildman–Crippen LogP) is 2.40. The Labute approximate surface area is 140 Å². The number of halogens is 1. The fourth-order valence-electron chi connectivity index (χ4n) is 2.97. The van der Waals surface area contributed by atoms with Gasteiger partial charge in [0.25, 0.3) is 5.91 Å². The van der Waals surface area contributed by atoms with Crippen molar-refractivity contribution in [1.29, 1.82) is 0 Å². The molecule has 23 heavy (non-hydrogen) atoms. The van der Waals surface area contributed by atoms with Gasteiger partial charge in [-0.2, -0.15) is 0 Å². The summed E-state index contributed by atoms with van der Waals surface area (Å²) in [6.45, 7) is 1.29. The maximum atomic E-state index is 12.5. The highest BCUT2D eigenvalue weighted by atomic mass is 35.5. The Morgan fingerprint density at radius 3 is 2.74 bits per heavy atom. The molecule has 0 bridgehead atoms. The lowest BCUT2D eigenvalue weighted by Gasteiger charge is -2.39. The molecule has 5 nitrogen and oxygen atoms in total. The van der Waals surface area contributed by atoms with Crippen molar-refractivity contribution < 1.29 is 19.4 Å². The summed E-state index contributed by atoms with van der Waals surface area (Å²) in [7, 11) is 0. The van der Waals surface area contributed by atoms with Crippen molar-refractivity contribution in [3.05, 3.63) is 28.8 Å². The quantitative estimate of drug-likeness (QED) is 0.835. The van der Waals surface area contributed by atoms with Gasteiger partial charge in [0.2, 0.25) is 0 Å². The Balaban J connectivity index is 1.69. The average Bonchev–Trinajstić information content (AvgIpc) is 3.01. The molecule has 0 spiro atoms. The average molecular weight is 340 g/mol. The van der Waals surface area contributed by atoms with Crippen LogP contribution in [-0.4, -0.2) is 43.5 Å². The Morgan fingerprint density at radius 2 is 2.13 bits per heavy atom. The van der Waals surface area contributed by atoms with Crippen molar-refractivity contribution in [3.63, 3.8) is 0 Å². The highest BCUT2D eigenvalue weighted by Crippen LogP contribution is 2.29. The first-order chi connectivity index (χ1) is 11.1. The number of carbonyl (C=O) groups excluding carboxylic acids is 1. The SMILES string of the molecule is O=C(NCC1(CO)COC1)c1cc(Cl)ccc1OC1CCCC1. The third-order valence-corrected chi connectivity index (χ3v) is 4.79. The number of ether oxygens (including phenoxy) is 2. The van der Waals surface area contributed by atoms with Crippen LogP contribution in [0, 0.1) is 5.41 Å². The standard InChI is InChI=1S/C17H22ClNO4/c18-12-5-6-15(23-13-3-1-2-4-13)14(7-12)16(21)19-8-17(9-20)10-22-11-17/h5-7,13,20H,1-4,8-11H2,(H,19,21). The number of carbonyl (C=O) groups is 1. The summed E-state index contributed by atoms with van der Waals surface area (Å²) in [5.41, 5.74) is 0.0819. The normalized spacial score (nSPS) is 20.1. The minimum Gasteiger partial charge on any atom is -0.490 e. The maximum absolute atomic E-state index is 12.5. The molecule has 1 aliphatic carbocycles. The summed E-state index contributed by atoms with van der Waals surface area (Å²) >= 11 is 6.04. The molecule has 0 radical (unpaired) electrons. The third-order valence-electron chi connectivity index (χ3n) is 4.56. The molecule has 0 unspecified atom stereocenters. The van der Waals surface area contributed by atoms with Crippen LogP contribution in [0.15, 0.2) is 18.2 Å². The van der Waals surface area contributed by atoms with E-state index >= 15 is 0 Å². The monoisotopic (exact) mass is 339 g/mol. The molecule has 0 atom stereocenters. The number of benzene rings is 1. The number of nitrogens with one attached hydrogen (secondary N) is 1. The zero-order chi connectivity index (χ0) is 16.3. The van der Waals surface area contributed by atoms with E-state index in [1.807, 2.05) is 0 Å². The van der Waals surface area contributed by atoms with E-state index in [0.717, 1.165) is 12.8 Å². The number of hydrogen-bond acceptors (Lipinski definition) is 4. The summed E-state index contributed by atoms with van der Waals surface area (Å²) in [6.07, 6.45) is 4.55. The lowest BCUT2D eigenvalue weighted by atomic mass is 9.87. The second kappa shape index (κ2) is 7.07. The van der Waals surface area contributed by atoms with Crippen molar-refractivity contribution in [2.45, 2.75) is 31.8 Å². The van der Waals surface area contributed by atoms with Gasteiger partial charge >= 0.3 is 0 Å². The van der Waals surface area contributed by atoms with Crippen molar-refractivity contribution in [3.8, 4) is 5.75 Å². The van der Waals surface area contributed by atoms with Crippen molar-refractivity contribution in [1.82, 2.24) is 5.32 Å². The van der Waals surface area contributed by atoms with Gasteiger partial charge in [0.15, 0.2) is 0 Å². The molecule has 1 aromatic rings. The summed E-state index contributed by atoms with van der Waals surface area (Å²) in [5.74, 6) is 0.335. The molecule has 2 aliphatic rings. The largest absolute Gasteiger partial charge is 0.490 e. The van der Waals surface area contributed by atoms with Crippen LogP contribution in [0.3, 0.4) is 0 Å². The smallest absolute Gasteiger partial charge is 0.255 e. The molecular formula is C17H22ClNO4. The molecular weight excluding hydrogens is 318 g/mol. The molecule has 3 rings (SSSR count). The Morgan fingerprint density at radius 1 is 1.39 bits per heavy atom. The summed E-state index contributed by atoms with van der Waals surface area (Å²) in [6, 6.07) is 5.12. The molecule has 1 aliphatic heterocycles. The van der Waals surface area contributed by atoms with E-state index in [2.05, 4.69) is 5.32 Å². The molecule has 2 fully saturated rings. The number of rotatable bonds is 6. The van der Waals surface area contributed by atoms with E-state index < -0.39 is 0 Å².